The van der Waals surface area contributed by atoms with E-state index >= 15 is 0 Å². The number of aryl methyl sites for hydroxylation is 1. The van der Waals surface area contributed by atoms with Crippen LogP contribution in [-0.2, 0) is 16.6 Å². The Bertz CT molecular complexity index is 1490. The Labute approximate surface area is 227 Å². The second kappa shape index (κ2) is 11.9. The molecule has 0 aromatic heterocycles. The lowest BCUT2D eigenvalue weighted by atomic mass is 10.1. The lowest BCUT2D eigenvalue weighted by Gasteiger charge is -2.26. The van der Waals surface area contributed by atoms with Crippen molar-refractivity contribution in [2.75, 3.05) is 15.4 Å². The number of nitrogens with one attached hydrogen (secondary N) is 1. The summed E-state index contributed by atoms with van der Waals surface area (Å²) in [6, 6.07) is 28.2. The minimum Gasteiger partial charge on any atom is -0.321 e. The smallest absolute Gasteiger partial charge is 0.264 e. The number of para-hydroxylation sites is 1. The molecule has 1 amide bonds. The molecule has 0 saturated carbocycles. The Balaban J connectivity index is 1.62. The quantitative estimate of drug-likeness (QED) is 0.220. The Morgan fingerprint density at radius 3 is 2.30 bits per heavy atom. The minimum absolute atomic E-state index is 0.0796. The Morgan fingerprint density at radius 1 is 0.919 bits per heavy atom. The van der Waals surface area contributed by atoms with Gasteiger partial charge in [-0.05, 0) is 72.3 Å². The van der Waals surface area contributed by atoms with Gasteiger partial charge in [-0.1, -0.05) is 67.1 Å². The maximum Gasteiger partial charge on any atom is 0.264 e. The highest BCUT2D eigenvalue weighted by Crippen LogP contribution is 2.31. The van der Waals surface area contributed by atoms with Crippen LogP contribution in [0.4, 0.5) is 11.4 Å². The van der Waals surface area contributed by atoms with Gasteiger partial charge in [0.2, 0.25) is 0 Å². The number of rotatable bonds is 9. The van der Waals surface area contributed by atoms with E-state index in [1.165, 1.54) is 4.31 Å². The Hall–Kier alpha value is -3.26. The summed E-state index contributed by atoms with van der Waals surface area (Å²) in [5.41, 5.74) is 3.26. The van der Waals surface area contributed by atoms with E-state index in [4.69, 9.17) is 11.6 Å². The number of benzene rings is 4. The maximum absolute atomic E-state index is 13.7. The van der Waals surface area contributed by atoms with Crippen molar-refractivity contribution < 1.29 is 13.2 Å². The molecule has 4 rings (SSSR count). The molecule has 5 nitrogen and oxygen atoms in total. The van der Waals surface area contributed by atoms with Crippen LogP contribution < -0.4 is 9.62 Å². The summed E-state index contributed by atoms with van der Waals surface area (Å²) in [6.07, 6.45) is 0. The fourth-order valence-electron chi connectivity index (χ4n) is 3.84. The zero-order valence-corrected chi connectivity index (χ0v) is 22.9. The molecule has 0 radical (unpaired) electrons. The van der Waals surface area contributed by atoms with Gasteiger partial charge in [0.1, 0.15) is 0 Å². The minimum atomic E-state index is -3.88. The normalized spacial score (nSPS) is 11.2. The van der Waals surface area contributed by atoms with Crippen molar-refractivity contribution in [2.45, 2.75) is 30.2 Å². The monoisotopic (exact) mass is 550 g/mol. The summed E-state index contributed by atoms with van der Waals surface area (Å²) in [5.74, 6) is 0.672. The van der Waals surface area contributed by atoms with E-state index in [-0.39, 0.29) is 17.3 Å². The van der Waals surface area contributed by atoms with E-state index in [2.05, 4.69) is 12.2 Å². The average molecular weight is 551 g/mol. The van der Waals surface area contributed by atoms with Crippen molar-refractivity contribution in [2.24, 2.45) is 0 Å². The predicted octanol–water partition coefficient (Wildman–Crippen LogP) is 7.41. The van der Waals surface area contributed by atoms with Crippen molar-refractivity contribution in [1.82, 2.24) is 0 Å². The van der Waals surface area contributed by atoms with Crippen molar-refractivity contribution >= 4 is 50.7 Å². The summed E-state index contributed by atoms with van der Waals surface area (Å²) >= 11 is 7.91. The molecule has 0 unspecified atom stereocenters. The average Bonchev–Trinajstić information content (AvgIpc) is 2.91. The van der Waals surface area contributed by atoms with Crippen molar-refractivity contribution in [3.05, 3.63) is 119 Å². The van der Waals surface area contributed by atoms with Gasteiger partial charge in [-0.3, -0.25) is 9.10 Å². The van der Waals surface area contributed by atoms with Gasteiger partial charge in [0.15, 0.2) is 0 Å². The third-order valence-electron chi connectivity index (χ3n) is 5.75. The molecule has 4 aromatic rings. The van der Waals surface area contributed by atoms with Gasteiger partial charge in [-0.2, -0.15) is 0 Å². The van der Waals surface area contributed by atoms with Gasteiger partial charge >= 0.3 is 0 Å². The summed E-state index contributed by atoms with van der Waals surface area (Å²) in [5, 5.41) is 3.42. The lowest BCUT2D eigenvalue weighted by molar-refractivity contribution is 0.102. The van der Waals surface area contributed by atoms with Gasteiger partial charge in [0.05, 0.1) is 22.8 Å². The first-order valence-electron chi connectivity index (χ1n) is 11.8. The first-order valence-corrected chi connectivity index (χ1v) is 14.6. The summed E-state index contributed by atoms with van der Waals surface area (Å²) < 4.78 is 28.7. The SMILES string of the molecule is CCSc1ccccc1NC(=O)c1ccc(CN(c2cc(Cl)ccc2C)S(=O)(=O)c2ccccc2)cc1. The molecule has 0 aliphatic carbocycles. The molecular weight excluding hydrogens is 524 g/mol. The zero-order chi connectivity index (χ0) is 26.4. The fourth-order valence-corrected chi connectivity index (χ4v) is 6.30. The number of halogens is 1. The predicted molar refractivity (Wildman–Crippen MR) is 153 cm³/mol. The van der Waals surface area contributed by atoms with Gasteiger partial charge < -0.3 is 5.32 Å². The Morgan fingerprint density at radius 2 is 1.59 bits per heavy atom. The fraction of sp³-hybridized carbons (Fsp3) is 0.138. The number of thioether (sulfide) groups is 1. The third-order valence-corrected chi connectivity index (χ3v) is 8.71. The molecule has 0 bridgehead atoms. The molecule has 0 spiro atoms. The number of carbonyl (C=O) groups excluding carboxylic acids is 1. The molecule has 0 saturated heterocycles. The first kappa shape index (κ1) is 26.8. The molecule has 0 aliphatic heterocycles. The van der Waals surface area contributed by atoms with Crippen LogP contribution >= 0.6 is 23.4 Å². The number of amides is 1. The zero-order valence-electron chi connectivity index (χ0n) is 20.5. The first-order chi connectivity index (χ1) is 17.8. The Kier molecular flexibility index (Phi) is 8.59. The molecule has 0 atom stereocenters. The number of hydrogen-bond donors (Lipinski definition) is 1. The lowest BCUT2D eigenvalue weighted by Crippen LogP contribution is -2.31. The molecule has 1 N–H and O–H groups in total. The van der Waals surface area contributed by atoms with Gasteiger partial charge in [-0.25, -0.2) is 8.42 Å². The number of anilines is 2. The van der Waals surface area contributed by atoms with E-state index in [0.29, 0.717) is 16.3 Å². The maximum atomic E-state index is 13.7. The van der Waals surface area contributed by atoms with E-state index in [1.54, 1.807) is 84.6 Å². The summed E-state index contributed by atoms with van der Waals surface area (Å²) in [4.78, 5) is 14.1. The molecule has 0 fully saturated rings. The van der Waals surface area contributed by atoms with Gasteiger partial charge in [0.25, 0.3) is 15.9 Å². The summed E-state index contributed by atoms with van der Waals surface area (Å²) in [6.45, 7) is 3.99. The number of hydrogen-bond acceptors (Lipinski definition) is 4. The topological polar surface area (TPSA) is 66.5 Å². The standard InChI is InChI=1S/C29H27ClN2O3S2/c1-3-36-28-12-8-7-11-26(28)31-29(33)23-16-14-22(15-17-23)20-32(27-19-24(30)18-13-21(27)2)37(34,35)25-9-5-4-6-10-25/h4-19H,3,20H2,1-2H3,(H,31,33). The van der Waals surface area contributed by atoms with Crippen LogP contribution in [-0.4, -0.2) is 20.1 Å². The largest absolute Gasteiger partial charge is 0.321 e. The van der Waals surface area contributed by atoms with Crippen LogP contribution in [0.1, 0.15) is 28.4 Å². The number of nitrogens with zero attached hydrogens (tertiary/aromatic N) is 1. The van der Waals surface area contributed by atoms with E-state index in [1.807, 2.05) is 31.2 Å². The highest BCUT2D eigenvalue weighted by molar-refractivity contribution is 7.99. The van der Waals surface area contributed by atoms with Crippen molar-refractivity contribution in [1.29, 1.82) is 0 Å². The van der Waals surface area contributed by atoms with Gasteiger partial charge in [-0.15, -0.1) is 11.8 Å². The molecule has 0 aliphatic rings. The molecule has 0 heterocycles. The van der Waals surface area contributed by atoms with Crippen LogP contribution in [0.15, 0.2) is 107 Å². The molecular formula is C29H27ClN2O3S2. The second-order valence-corrected chi connectivity index (χ2v) is 11.9. The van der Waals surface area contributed by atoms with E-state index in [9.17, 15) is 13.2 Å². The highest BCUT2D eigenvalue weighted by Gasteiger charge is 2.26. The van der Waals surface area contributed by atoms with Crippen LogP contribution in [0.25, 0.3) is 0 Å². The van der Waals surface area contributed by atoms with Crippen LogP contribution in [0.5, 0.6) is 0 Å². The number of carbonyl (C=O) groups is 1. The molecule has 190 valence electrons. The van der Waals surface area contributed by atoms with Crippen LogP contribution in [0.3, 0.4) is 0 Å². The molecule has 37 heavy (non-hydrogen) atoms. The van der Waals surface area contributed by atoms with E-state index in [0.717, 1.165) is 27.5 Å². The summed E-state index contributed by atoms with van der Waals surface area (Å²) in [7, 11) is -3.88. The van der Waals surface area contributed by atoms with Crippen molar-refractivity contribution in [3.8, 4) is 0 Å². The number of sulfonamides is 1. The van der Waals surface area contributed by atoms with E-state index < -0.39 is 10.0 Å². The highest BCUT2D eigenvalue weighted by atomic mass is 35.5. The third kappa shape index (κ3) is 6.36. The van der Waals surface area contributed by atoms with Crippen molar-refractivity contribution in [3.63, 3.8) is 0 Å². The van der Waals surface area contributed by atoms with Crippen LogP contribution in [0, 0.1) is 6.92 Å². The second-order valence-electron chi connectivity index (χ2n) is 8.34. The molecule has 8 heteroatoms. The van der Waals surface area contributed by atoms with Crippen LogP contribution in [0.2, 0.25) is 5.02 Å². The van der Waals surface area contributed by atoms with Gasteiger partial charge in [0, 0.05) is 15.5 Å². The molecule has 4 aromatic carbocycles.